The van der Waals surface area contributed by atoms with E-state index in [-0.39, 0.29) is 0 Å². The van der Waals surface area contributed by atoms with Gasteiger partial charge in [0.2, 0.25) is 0 Å². The van der Waals surface area contributed by atoms with Crippen LogP contribution in [-0.4, -0.2) is 31.2 Å². The Morgan fingerprint density at radius 2 is 1.79 bits per heavy atom. The van der Waals surface area contributed by atoms with Gasteiger partial charge in [0.1, 0.15) is 0 Å². The lowest BCUT2D eigenvalue weighted by atomic mass is 10.0. The maximum absolute atomic E-state index is 5.38. The minimum absolute atomic E-state index is 0.846. The number of rotatable bonds is 3. The van der Waals surface area contributed by atoms with Crippen LogP contribution in [0.1, 0.15) is 5.56 Å². The maximum Gasteiger partial charge on any atom is 0.0594 e. The highest BCUT2D eigenvalue weighted by molar-refractivity contribution is 5.63. The molecule has 0 saturated carbocycles. The van der Waals surface area contributed by atoms with Gasteiger partial charge in [0.25, 0.3) is 0 Å². The van der Waals surface area contributed by atoms with Gasteiger partial charge in [-0.25, -0.2) is 0 Å². The number of hydrogen-bond donors (Lipinski definition) is 0. The zero-order valence-corrected chi connectivity index (χ0v) is 11.0. The highest BCUT2D eigenvalue weighted by atomic mass is 16.5. The first kappa shape index (κ1) is 12.4. The molecular formula is C17H18NO. The summed E-state index contributed by atoms with van der Waals surface area (Å²) >= 11 is 0. The van der Waals surface area contributed by atoms with Gasteiger partial charge in [-0.3, -0.25) is 4.90 Å². The monoisotopic (exact) mass is 252 g/mol. The molecule has 2 heteroatoms. The van der Waals surface area contributed by atoms with E-state index in [0.717, 1.165) is 32.8 Å². The maximum atomic E-state index is 5.38. The summed E-state index contributed by atoms with van der Waals surface area (Å²) in [5.74, 6) is 0. The lowest BCUT2D eigenvalue weighted by molar-refractivity contribution is 0.0341. The van der Waals surface area contributed by atoms with Crippen molar-refractivity contribution in [1.82, 2.24) is 4.90 Å². The molecule has 97 valence electrons. The van der Waals surface area contributed by atoms with Crippen molar-refractivity contribution >= 4 is 0 Å². The molecule has 0 spiro atoms. The molecule has 1 fully saturated rings. The smallest absolute Gasteiger partial charge is 0.0594 e. The topological polar surface area (TPSA) is 12.5 Å². The number of nitrogens with zero attached hydrogens (tertiary/aromatic N) is 1. The second kappa shape index (κ2) is 6.00. The quantitative estimate of drug-likeness (QED) is 0.832. The Hall–Kier alpha value is -1.64. The predicted molar refractivity (Wildman–Crippen MR) is 76.8 cm³/mol. The second-order valence-corrected chi connectivity index (χ2v) is 4.86. The zero-order valence-electron chi connectivity index (χ0n) is 11.0. The molecule has 0 aliphatic carbocycles. The summed E-state index contributed by atoms with van der Waals surface area (Å²) in [6, 6.07) is 20.2. The molecule has 19 heavy (non-hydrogen) atoms. The summed E-state index contributed by atoms with van der Waals surface area (Å²) in [6.07, 6.45) is 0. The van der Waals surface area contributed by atoms with Gasteiger partial charge in [0, 0.05) is 19.6 Å². The van der Waals surface area contributed by atoms with Crippen molar-refractivity contribution in [1.29, 1.82) is 0 Å². The Labute approximate surface area is 114 Å². The Morgan fingerprint density at radius 3 is 2.58 bits per heavy atom. The van der Waals surface area contributed by atoms with E-state index in [1.165, 1.54) is 16.7 Å². The van der Waals surface area contributed by atoms with Crippen molar-refractivity contribution in [2.24, 2.45) is 0 Å². The Kier molecular flexibility index (Phi) is 3.92. The number of morpholine rings is 1. The summed E-state index contributed by atoms with van der Waals surface area (Å²) in [5, 5.41) is 0. The van der Waals surface area contributed by atoms with E-state index in [9.17, 15) is 0 Å². The van der Waals surface area contributed by atoms with Gasteiger partial charge in [0.15, 0.2) is 0 Å². The van der Waals surface area contributed by atoms with E-state index in [1.54, 1.807) is 0 Å². The summed E-state index contributed by atoms with van der Waals surface area (Å²) in [7, 11) is 0. The SMILES string of the molecule is [c]1ccc(-c2ccccc2)cc1CN1CCOCC1. The van der Waals surface area contributed by atoms with Crippen molar-refractivity contribution in [3.05, 3.63) is 60.2 Å². The van der Waals surface area contributed by atoms with Crippen LogP contribution in [0.25, 0.3) is 11.1 Å². The van der Waals surface area contributed by atoms with Crippen LogP contribution in [-0.2, 0) is 11.3 Å². The van der Waals surface area contributed by atoms with Crippen LogP contribution in [0.3, 0.4) is 0 Å². The first-order valence-electron chi connectivity index (χ1n) is 6.78. The fourth-order valence-corrected chi connectivity index (χ4v) is 2.42. The van der Waals surface area contributed by atoms with E-state index in [1.807, 2.05) is 12.1 Å². The summed E-state index contributed by atoms with van der Waals surface area (Å²) in [6.45, 7) is 4.69. The normalized spacial score (nSPS) is 16.4. The molecule has 0 atom stereocenters. The van der Waals surface area contributed by atoms with Gasteiger partial charge in [-0.2, -0.15) is 0 Å². The largest absolute Gasteiger partial charge is 0.379 e. The standard InChI is InChI=1S/C17H18NO/c1-2-6-16(7-3-1)17-8-4-5-15(13-17)14-18-9-11-19-12-10-18/h1-4,6-8,13H,9-12,14H2. The Morgan fingerprint density at radius 1 is 1.00 bits per heavy atom. The second-order valence-electron chi connectivity index (χ2n) is 4.86. The van der Waals surface area contributed by atoms with Gasteiger partial charge in [0.05, 0.1) is 13.2 Å². The third kappa shape index (κ3) is 3.22. The summed E-state index contributed by atoms with van der Waals surface area (Å²) in [5.41, 5.74) is 3.78. The minimum Gasteiger partial charge on any atom is -0.379 e. The molecule has 0 aromatic heterocycles. The molecule has 2 aromatic rings. The molecule has 1 aliphatic rings. The highest BCUT2D eigenvalue weighted by Crippen LogP contribution is 2.20. The van der Waals surface area contributed by atoms with Crippen LogP contribution in [0.5, 0.6) is 0 Å². The minimum atomic E-state index is 0.846. The Balaban J connectivity index is 1.76. The van der Waals surface area contributed by atoms with Crippen molar-refractivity contribution < 1.29 is 4.74 Å². The first-order chi connectivity index (χ1) is 9.42. The van der Waals surface area contributed by atoms with Crippen LogP contribution in [0.2, 0.25) is 0 Å². The van der Waals surface area contributed by atoms with Crippen LogP contribution in [0.15, 0.2) is 48.5 Å². The zero-order chi connectivity index (χ0) is 12.9. The van der Waals surface area contributed by atoms with Gasteiger partial charge < -0.3 is 4.74 Å². The van der Waals surface area contributed by atoms with Crippen LogP contribution >= 0.6 is 0 Å². The molecule has 0 unspecified atom stereocenters. The lowest BCUT2D eigenvalue weighted by Crippen LogP contribution is -2.35. The molecule has 1 saturated heterocycles. The van der Waals surface area contributed by atoms with Crippen molar-refractivity contribution in [2.75, 3.05) is 26.3 Å². The van der Waals surface area contributed by atoms with E-state index < -0.39 is 0 Å². The third-order valence-corrected chi connectivity index (χ3v) is 3.47. The van der Waals surface area contributed by atoms with Crippen molar-refractivity contribution in [3.8, 4) is 11.1 Å². The van der Waals surface area contributed by atoms with E-state index in [0.29, 0.717) is 0 Å². The van der Waals surface area contributed by atoms with Gasteiger partial charge in [-0.1, -0.05) is 42.5 Å². The molecule has 1 radical (unpaired) electrons. The molecular weight excluding hydrogens is 234 g/mol. The van der Waals surface area contributed by atoms with Crippen molar-refractivity contribution in [2.45, 2.75) is 6.54 Å². The molecule has 1 aliphatic heterocycles. The molecule has 0 amide bonds. The van der Waals surface area contributed by atoms with Crippen LogP contribution in [0.4, 0.5) is 0 Å². The fourth-order valence-electron chi connectivity index (χ4n) is 2.42. The average molecular weight is 252 g/mol. The molecule has 0 bridgehead atoms. The average Bonchev–Trinajstić information content (AvgIpc) is 2.49. The predicted octanol–water partition coefficient (Wildman–Crippen LogP) is 2.99. The fraction of sp³-hybridized carbons (Fsp3) is 0.294. The van der Waals surface area contributed by atoms with Gasteiger partial charge >= 0.3 is 0 Å². The summed E-state index contributed by atoms with van der Waals surface area (Å²) < 4.78 is 5.38. The molecule has 3 rings (SSSR count). The van der Waals surface area contributed by atoms with E-state index >= 15 is 0 Å². The highest BCUT2D eigenvalue weighted by Gasteiger charge is 2.10. The molecule has 0 N–H and O–H groups in total. The third-order valence-electron chi connectivity index (χ3n) is 3.47. The lowest BCUT2D eigenvalue weighted by Gasteiger charge is -2.26. The van der Waals surface area contributed by atoms with E-state index in [4.69, 9.17) is 4.74 Å². The number of hydrogen-bond acceptors (Lipinski definition) is 2. The number of benzene rings is 2. The van der Waals surface area contributed by atoms with Crippen LogP contribution < -0.4 is 0 Å². The van der Waals surface area contributed by atoms with Gasteiger partial charge in [-0.15, -0.1) is 0 Å². The molecule has 2 nitrogen and oxygen atoms in total. The first-order valence-corrected chi connectivity index (χ1v) is 6.78. The summed E-state index contributed by atoms with van der Waals surface area (Å²) in [4.78, 5) is 2.42. The van der Waals surface area contributed by atoms with Crippen LogP contribution in [0, 0.1) is 6.07 Å². The molecule has 2 aromatic carbocycles. The number of ether oxygens (including phenoxy) is 1. The van der Waals surface area contributed by atoms with Crippen molar-refractivity contribution in [3.63, 3.8) is 0 Å². The van der Waals surface area contributed by atoms with Gasteiger partial charge in [-0.05, 0) is 28.8 Å². The molecule has 1 heterocycles. The van der Waals surface area contributed by atoms with E-state index in [2.05, 4.69) is 47.4 Å². The Bertz CT molecular complexity index is 518.